The molecular weight excluding hydrogens is 304 g/mol. The Bertz CT molecular complexity index is 395. The minimum Gasteiger partial charge on any atom is -0.352 e. The summed E-state index contributed by atoms with van der Waals surface area (Å²) >= 11 is 3.42. The van der Waals surface area contributed by atoms with Gasteiger partial charge in [0.2, 0.25) is 5.91 Å². The highest BCUT2D eigenvalue weighted by atomic mass is 79.9. The van der Waals surface area contributed by atoms with E-state index in [4.69, 9.17) is 5.73 Å². The molecule has 106 valence electrons. The van der Waals surface area contributed by atoms with Crippen LogP contribution in [-0.2, 0) is 11.3 Å². The van der Waals surface area contributed by atoms with Gasteiger partial charge in [-0.1, -0.05) is 41.4 Å². The second-order valence-electron chi connectivity index (χ2n) is 4.80. The van der Waals surface area contributed by atoms with Gasteiger partial charge in [-0.25, -0.2) is 0 Å². The van der Waals surface area contributed by atoms with E-state index >= 15 is 0 Å². The lowest BCUT2D eigenvalue weighted by atomic mass is 9.96. The van der Waals surface area contributed by atoms with Crippen LogP contribution in [0.4, 0.5) is 0 Å². The first-order chi connectivity index (χ1) is 9.15. The molecule has 1 amide bonds. The topological polar surface area (TPSA) is 55.1 Å². The number of nitrogens with one attached hydrogen (secondary N) is 1. The summed E-state index contributed by atoms with van der Waals surface area (Å²) in [5.74, 6) is 0.692. The van der Waals surface area contributed by atoms with E-state index in [2.05, 4.69) is 28.2 Å². The van der Waals surface area contributed by atoms with Crippen LogP contribution in [-0.4, -0.2) is 12.5 Å². The number of rotatable bonds is 8. The molecule has 0 spiro atoms. The lowest BCUT2D eigenvalue weighted by Crippen LogP contribution is -2.23. The highest BCUT2D eigenvalue weighted by Crippen LogP contribution is 2.14. The Morgan fingerprint density at radius 3 is 2.84 bits per heavy atom. The van der Waals surface area contributed by atoms with Gasteiger partial charge in [0.05, 0.1) is 0 Å². The van der Waals surface area contributed by atoms with E-state index in [9.17, 15) is 4.79 Å². The molecular formula is C15H23BrN2O. The molecule has 0 fully saturated rings. The van der Waals surface area contributed by atoms with Crippen LogP contribution in [0, 0.1) is 5.92 Å². The monoisotopic (exact) mass is 326 g/mol. The van der Waals surface area contributed by atoms with Gasteiger partial charge in [-0.2, -0.15) is 0 Å². The lowest BCUT2D eigenvalue weighted by molar-refractivity contribution is -0.121. The average molecular weight is 327 g/mol. The van der Waals surface area contributed by atoms with Gasteiger partial charge in [0, 0.05) is 17.4 Å². The minimum absolute atomic E-state index is 0.121. The number of halogens is 1. The number of benzene rings is 1. The van der Waals surface area contributed by atoms with Crippen LogP contribution in [0.2, 0.25) is 0 Å². The number of amides is 1. The first kappa shape index (κ1) is 16.2. The number of hydrogen-bond acceptors (Lipinski definition) is 2. The third-order valence-corrected chi connectivity index (χ3v) is 3.80. The van der Waals surface area contributed by atoms with Crippen molar-refractivity contribution in [3.8, 4) is 0 Å². The largest absolute Gasteiger partial charge is 0.352 e. The van der Waals surface area contributed by atoms with Crippen molar-refractivity contribution >= 4 is 21.8 Å². The molecule has 0 aliphatic heterocycles. The van der Waals surface area contributed by atoms with Gasteiger partial charge < -0.3 is 11.1 Å². The Balaban J connectivity index is 2.28. The number of carbonyl (C=O) groups excluding carboxylic acids is 1. The van der Waals surface area contributed by atoms with Crippen LogP contribution in [0.15, 0.2) is 28.7 Å². The third kappa shape index (κ3) is 6.73. The van der Waals surface area contributed by atoms with E-state index in [0.717, 1.165) is 29.3 Å². The van der Waals surface area contributed by atoms with Crippen LogP contribution < -0.4 is 11.1 Å². The zero-order chi connectivity index (χ0) is 14.1. The standard InChI is InChI=1S/C15H23BrN2O/c1-2-12(8-9-17)6-7-15(19)18-11-13-4-3-5-14(16)10-13/h3-5,10,12H,2,6-9,11,17H2,1H3,(H,18,19). The van der Waals surface area contributed by atoms with Crippen molar-refractivity contribution in [2.45, 2.75) is 39.2 Å². The second-order valence-corrected chi connectivity index (χ2v) is 5.71. The quantitative estimate of drug-likeness (QED) is 0.770. The van der Waals surface area contributed by atoms with Crippen LogP contribution in [0.5, 0.6) is 0 Å². The Hall–Kier alpha value is -0.870. The highest BCUT2D eigenvalue weighted by Gasteiger charge is 2.08. The van der Waals surface area contributed by atoms with Gasteiger partial charge in [-0.3, -0.25) is 4.79 Å². The maximum absolute atomic E-state index is 11.8. The fourth-order valence-corrected chi connectivity index (χ4v) is 2.51. The van der Waals surface area contributed by atoms with E-state index in [1.54, 1.807) is 0 Å². The summed E-state index contributed by atoms with van der Waals surface area (Å²) in [6.45, 7) is 3.45. The molecule has 0 saturated heterocycles. The summed E-state index contributed by atoms with van der Waals surface area (Å²) in [6.07, 6.45) is 3.62. The van der Waals surface area contributed by atoms with Gasteiger partial charge in [0.1, 0.15) is 0 Å². The van der Waals surface area contributed by atoms with Gasteiger partial charge in [0.15, 0.2) is 0 Å². The van der Waals surface area contributed by atoms with Crippen molar-refractivity contribution in [2.75, 3.05) is 6.54 Å². The molecule has 1 aromatic carbocycles. The summed E-state index contributed by atoms with van der Waals surface area (Å²) in [6, 6.07) is 7.97. The zero-order valence-electron chi connectivity index (χ0n) is 11.5. The van der Waals surface area contributed by atoms with Gasteiger partial charge >= 0.3 is 0 Å². The predicted molar refractivity (Wildman–Crippen MR) is 82.7 cm³/mol. The van der Waals surface area contributed by atoms with Crippen LogP contribution in [0.3, 0.4) is 0 Å². The van der Waals surface area contributed by atoms with Crippen LogP contribution in [0.1, 0.15) is 38.2 Å². The van der Waals surface area contributed by atoms with Gasteiger partial charge in [-0.15, -0.1) is 0 Å². The normalized spacial score (nSPS) is 12.2. The Kier molecular flexibility index (Phi) is 7.75. The lowest BCUT2D eigenvalue weighted by Gasteiger charge is -2.13. The van der Waals surface area contributed by atoms with Crippen LogP contribution in [0.25, 0.3) is 0 Å². The Morgan fingerprint density at radius 2 is 2.21 bits per heavy atom. The predicted octanol–water partition coefficient (Wildman–Crippen LogP) is 3.22. The molecule has 1 unspecified atom stereocenters. The zero-order valence-corrected chi connectivity index (χ0v) is 13.1. The van der Waals surface area contributed by atoms with Crippen molar-refractivity contribution in [2.24, 2.45) is 11.7 Å². The van der Waals surface area contributed by atoms with E-state index in [1.807, 2.05) is 24.3 Å². The molecule has 4 heteroatoms. The molecule has 0 aromatic heterocycles. The molecule has 1 aromatic rings. The Labute approximate surface area is 124 Å². The number of hydrogen-bond donors (Lipinski definition) is 2. The summed E-state index contributed by atoms with van der Waals surface area (Å²) in [4.78, 5) is 11.8. The molecule has 1 rings (SSSR count). The average Bonchev–Trinajstić information content (AvgIpc) is 2.41. The van der Waals surface area contributed by atoms with Crippen molar-refractivity contribution < 1.29 is 4.79 Å². The molecule has 0 bridgehead atoms. The van der Waals surface area contributed by atoms with Crippen molar-refractivity contribution in [3.05, 3.63) is 34.3 Å². The summed E-state index contributed by atoms with van der Waals surface area (Å²) in [7, 11) is 0. The third-order valence-electron chi connectivity index (χ3n) is 3.31. The molecule has 0 aliphatic rings. The van der Waals surface area contributed by atoms with Crippen molar-refractivity contribution in [3.63, 3.8) is 0 Å². The maximum atomic E-state index is 11.8. The first-order valence-corrected chi connectivity index (χ1v) is 7.66. The highest BCUT2D eigenvalue weighted by molar-refractivity contribution is 9.10. The molecule has 0 heterocycles. The van der Waals surface area contributed by atoms with Gasteiger partial charge in [-0.05, 0) is 43.0 Å². The molecule has 0 aliphatic carbocycles. The van der Waals surface area contributed by atoms with Crippen molar-refractivity contribution in [1.82, 2.24) is 5.32 Å². The van der Waals surface area contributed by atoms with E-state index < -0.39 is 0 Å². The fourth-order valence-electron chi connectivity index (χ4n) is 2.06. The fraction of sp³-hybridized carbons (Fsp3) is 0.533. The van der Waals surface area contributed by atoms with E-state index in [1.165, 1.54) is 0 Å². The summed E-state index contributed by atoms with van der Waals surface area (Å²) < 4.78 is 1.04. The molecule has 1 atom stereocenters. The van der Waals surface area contributed by atoms with E-state index in [0.29, 0.717) is 25.4 Å². The summed E-state index contributed by atoms with van der Waals surface area (Å²) in [5, 5.41) is 2.96. The molecule has 0 saturated carbocycles. The molecule has 19 heavy (non-hydrogen) atoms. The minimum atomic E-state index is 0.121. The van der Waals surface area contributed by atoms with Crippen LogP contribution >= 0.6 is 15.9 Å². The maximum Gasteiger partial charge on any atom is 0.220 e. The Morgan fingerprint density at radius 1 is 1.42 bits per heavy atom. The number of nitrogens with two attached hydrogens (primary N) is 1. The van der Waals surface area contributed by atoms with E-state index in [-0.39, 0.29) is 5.91 Å². The molecule has 3 nitrogen and oxygen atoms in total. The molecule has 3 N–H and O–H groups in total. The van der Waals surface area contributed by atoms with Gasteiger partial charge in [0.25, 0.3) is 0 Å². The second kappa shape index (κ2) is 9.10. The molecule has 0 radical (unpaired) electrons. The smallest absolute Gasteiger partial charge is 0.220 e. The first-order valence-electron chi connectivity index (χ1n) is 6.87. The van der Waals surface area contributed by atoms with Crippen molar-refractivity contribution in [1.29, 1.82) is 0 Å². The summed E-state index contributed by atoms with van der Waals surface area (Å²) in [5.41, 5.74) is 6.66. The SMILES string of the molecule is CCC(CCN)CCC(=O)NCc1cccc(Br)c1. The number of carbonyl (C=O) groups is 1.